The van der Waals surface area contributed by atoms with Crippen molar-refractivity contribution in [3.63, 3.8) is 0 Å². The van der Waals surface area contributed by atoms with Crippen LogP contribution in [0.1, 0.15) is 6.92 Å². The topological polar surface area (TPSA) is 38.8 Å². The van der Waals surface area contributed by atoms with Gasteiger partial charge in [0.15, 0.2) is 6.10 Å². The van der Waals surface area contributed by atoms with Gasteiger partial charge >= 0.3 is 5.97 Å². The second-order valence-electron chi connectivity index (χ2n) is 3.68. The van der Waals surface area contributed by atoms with E-state index in [0.29, 0.717) is 5.75 Å². The smallest absolute Gasteiger partial charge is 0.346 e. The molecular weight excluding hydrogens is 206 g/mol. The number of ether oxygens (including phenoxy) is 2. The summed E-state index contributed by atoms with van der Waals surface area (Å²) >= 11 is 0. The van der Waals surface area contributed by atoms with Crippen molar-refractivity contribution in [2.24, 2.45) is 0 Å². The van der Waals surface area contributed by atoms with Crippen LogP contribution in [0.2, 0.25) is 0 Å². The van der Waals surface area contributed by atoms with Crippen molar-refractivity contribution in [2.45, 2.75) is 13.0 Å². The van der Waals surface area contributed by atoms with Crippen LogP contribution in [-0.4, -0.2) is 33.3 Å². The van der Waals surface area contributed by atoms with Gasteiger partial charge in [0.2, 0.25) is 0 Å². The van der Waals surface area contributed by atoms with Gasteiger partial charge in [-0.05, 0) is 19.1 Å². The molecule has 4 nitrogen and oxygen atoms in total. The van der Waals surface area contributed by atoms with Crippen molar-refractivity contribution in [1.82, 2.24) is 0 Å². The molecule has 0 unspecified atom stereocenters. The highest BCUT2D eigenvalue weighted by molar-refractivity contribution is 5.74. The molecule has 0 radical (unpaired) electrons. The van der Waals surface area contributed by atoms with Crippen molar-refractivity contribution >= 4 is 11.7 Å². The molecule has 1 aromatic carbocycles. The summed E-state index contributed by atoms with van der Waals surface area (Å²) in [6, 6.07) is 7.54. The van der Waals surface area contributed by atoms with Gasteiger partial charge in [-0.15, -0.1) is 0 Å². The van der Waals surface area contributed by atoms with Crippen LogP contribution >= 0.6 is 0 Å². The number of hydrogen-bond donors (Lipinski definition) is 0. The summed E-state index contributed by atoms with van der Waals surface area (Å²) in [4.78, 5) is 13.1. The highest BCUT2D eigenvalue weighted by Gasteiger charge is 2.14. The highest BCUT2D eigenvalue weighted by atomic mass is 16.6. The zero-order valence-corrected chi connectivity index (χ0v) is 10.1. The van der Waals surface area contributed by atoms with E-state index in [1.54, 1.807) is 6.92 Å². The quantitative estimate of drug-likeness (QED) is 0.728. The Morgan fingerprint density at radius 1 is 1.38 bits per heavy atom. The molecule has 4 heteroatoms. The zero-order chi connectivity index (χ0) is 12.1. The van der Waals surface area contributed by atoms with Crippen molar-refractivity contribution in [2.75, 3.05) is 26.1 Å². The lowest BCUT2D eigenvalue weighted by Crippen LogP contribution is -2.25. The molecule has 16 heavy (non-hydrogen) atoms. The first kappa shape index (κ1) is 12.4. The predicted octanol–water partition coefficient (Wildman–Crippen LogP) is 1.69. The van der Waals surface area contributed by atoms with E-state index >= 15 is 0 Å². The zero-order valence-electron chi connectivity index (χ0n) is 10.1. The van der Waals surface area contributed by atoms with Gasteiger partial charge in [0.25, 0.3) is 0 Å². The van der Waals surface area contributed by atoms with Crippen LogP contribution in [0.15, 0.2) is 24.3 Å². The van der Waals surface area contributed by atoms with Crippen molar-refractivity contribution in [3.05, 3.63) is 24.3 Å². The van der Waals surface area contributed by atoms with Crippen molar-refractivity contribution in [1.29, 1.82) is 0 Å². The van der Waals surface area contributed by atoms with Gasteiger partial charge in [0.1, 0.15) is 5.75 Å². The fourth-order valence-electron chi connectivity index (χ4n) is 1.25. The SMILES string of the molecule is COC(=O)[C@@H](C)Oc1cccc(N(C)C)c1. The van der Waals surface area contributed by atoms with Gasteiger partial charge in [-0.1, -0.05) is 6.07 Å². The molecule has 0 aliphatic heterocycles. The maximum Gasteiger partial charge on any atom is 0.346 e. The molecule has 0 aromatic heterocycles. The van der Waals surface area contributed by atoms with Crippen molar-refractivity contribution in [3.8, 4) is 5.75 Å². The maximum atomic E-state index is 11.2. The Labute approximate surface area is 95.8 Å². The van der Waals surface area contributed by atoms with Gasteiger partial charge < -0.3 is 14.4 Å². The molecule has 0 saturated carbocycles. The van der Waals surface area contributed by atoms with Gasteiger partial charge in [-0.3, -0.25) is 0 Å². The summed E-state index contributed by atoms with van der Waals surface area (Å²) in [6.45, 7) is 1.66. The molecule has 0 saturated heterocycles. The van der Waals surface area contributed by atoms with E-state index in [1.807, 2.05) is 43.3 Å². The molecule has 0 spiro atoms. The molecule has 0 N–H and O–H groups in total. The molecule has 1 aromatic rings. The normalized spacial score (nSPS) is 11.8. The van der Waals surface area contributed by atoms with E-state index in [-0.39, 0.29) is 5.97 Å². The number of rotatable bonds is 4. The average molecular weight is 223 g/mol. The van der Waals surface area contributed by atoms with Gasteiger partial charge in [-0.25, -0.2) is 4.79 Å². The van der Waals surface area contributed by atoms with E-state index in [2.05, 4.69) is 4.74 Å². The Bertz CT molecular complexity index is 363. The highest BCUT2D eigenvalue weighted by Crippen LogP contribution is 2.20. The molecular formula is C12H17NO3. The molecule has 0 aliphatic rings. The van der Waals surface area contributed by atoms with Crippen LogP contribution in [0.4, 0.5) is 5.69 Å². The molecule has 88 valence electrons. The molecule has 0 heterocycles. The van der Waals surface area contributed by atoms with Crippen LogP contribution < -0.4 is 9.64 Å². The standard InChI is InChI=1S/C12H17NO3/c1-9(12(14)15-4)16-11-7-5-6-10(8-11)13(2)3/h5-9H,1-4H3/t9-/m1/s1. The molecule has 0 bridgehead atoms. The summed E-state index contributed by atoms with van der Waals surface area (Å²) in [7, 11) is 5.24. The molecule has 0 aliphatic carbocycles. The second kappa shape index (κ2) is 5.39. The maximum absolute atomic E-state index is 11.2. The minimum absolute atomic E-state index is 0.379. The van der Waals surface area contributed by atoms with Crippen LogP contribution in [0.3, 0.4) is 0 Å². The van der Waals surface area contributed by atoms with Crippen LogP contribution in [0.25, 0.3) is 0 Å². The monoisotopic (exact) mass is 223 g/mol. The number of esters is 1. The number of carbonyl (C=O) groups is 1. The Morgan fingerprint density at radius 3 is 2.62 bits per heavy atom. The van der Waals surface area contributed by atoms with E-state index < -0.39 is 6.10 Å². The lowest BCUT2D eigenvalue weighted by Gasteiger charge is -2.16. The lowest BCUT2D eigenvalue weighted by atomic mass is 10.3. The third kappa shape index (κ3) is 3.15. The summed E-state index contributed by atoms with van der Waals surface area (Å²) in [5.74, 6) is 0.277. The van der Waals surface area contributed by atoms with E-state index in [9.17, 15) is 4.79 Å². The largest absolute Gasteiger partial charge is 0.479 e. The van der Waals surface area contributed by atoms with E-state index in [0.717, 1.165) is 5.69 Å². The molecule has 1 rings (SSSR count). The summed E-state index contributed by atoms with van der Waals surface area (Å²) in [5, 5.41) is 0. The summed E-state index contributed by atoms with van der Waals surface area (Å²) < 4.78 is 10.0. The molecule has 1 atom stereocenters. The van der Waals surface area contributed by atoms with E-state index in [4.69, 9.17) is 4.74 Å². The fraction of sp³-hybridized carbons (Fsp3) is 0.417. The first-order valence-electron chi connectivity index (χ1n) is 5.06. The first-order chi connectivity index (χ1) is 7.54. The van der Waals surface area contributed by atoms with Gasteiger partial charge in [-0.2, -0.15) is 0 Å². The number of nitrogens with zero attached hydrogens (tertiary/aromatic N) is 1. The second-order valence-corrected chi connectivity index (χ2v) is 3.68. The Morgan fingerprint density at radius 2 is 2.06 bits per heavy atom. The minimum Gasteiger partial charge on any atom is -0.479 e. The summed E-state index contributed by atoms with van der Waals surface area (Å²) in [5.41, 5.74) is 1.02. The molecule has 0 amide bonds. The van der Waals surface area contributed by atoms with Crippen LogP contribution in [0, 0.1) is 0 Å². The van der Waals surface area contributed by atoms with E-state index in [1.165, 1.54) is 7.11 Å². The van der Waals surface area contributed by atoms with Gasteiger partial charge in [0, 0.05) is 25.8 Å². The molecule has 0 fully saturated rings. The number of benzene rings is 1. The number of hydrogen-bond acceptors (Lipinski definition) is 4. The Kier molecular flexibility index (Phi) is 4.17. The first-order valence-corrected chi connectivity index (χ1v) is 5.06. The number of anilines is 1. The third-order valence-electron chi connectivity index (χ3n) is 2.18. The van der Waals surface area contributed by atoms with Crippen LogP contribution in [0.5, 0.6) is 5.75 Å². The minimum atomic E-state index is -0.595. The van der Waals surface area contributed by atoms with Crippen molar-refractivity contribution < 1.29 is 14.3 Å². The Balaban J connectivity index is 2.74. The fourth-order valence-corrected chi connectivity index (χ4v) is 1.25. The van der Waals surface area contributed by atoms with Gasteiger partial charge in [0.05, 0.1) is 7.11 Å². The lowest BCUT2D eigenvalue weighted by molar-refractivity contribution is -0.147. The predicted molar refractivity (Wildman–Crippen MR) is 62.9 cm³/mol. The Hall–Kier alpha value is -1.71. The third-order valence-corrected chi connectivity index (χ3v) is 2.18. The van der Waals surface area contributed by atoms with Crippen LogP contribution in [-0.2, 0) is 9.53 Å². The number of methoxy groups -OCH3 is 1. The average Bonchev–Trinajstić information content (AvgIpc) is 2.28. The summed E-state index contributed by atoms with van der Waals surface area (Å²) in [6.07, 6.45) is -0.595. The number of carbonyl (C=O) groups excluding carboxylic acids is 1.